The summed E-state index contributed by atoms with van der Waals surface area (Å²) in [4.78, 5) is 19.6. The Balaban J connectivity index is 1.22. The van der Waals surface area contributed by atoms with Crippen LogP contribution in [0.25, 0.3) is 5.69 Å². The fraction of sp³-hybridized carbons (Fsp3) is 0.391. The molecular weight excluding hydrogens is 406 g/mol. The van der Waals surface area contributed by atoms with Gasteiger partial charge >= 0.3 is 0 Å². The van der Waals surface area contributed by atoms with Crippen molar-refractivity contribution in [2.45, 2.75) is 6.54 Å². The van der Waals surface area contributed by atoms with E-state index in [2.05, 4.69) is 31.4 Å². The topological polar surface area (TPSA) is 79.6 Å². The number of para-hydroxylation sites is 1. The van der Waals surface area contributed by atoms with Gasteiger partial charge in [-0.25, -0.2) is 0 Å². The number of piperazine rings is 1. The third-order valence-electron chi connectivity index (χ3n) is 5.99. The molecule has 0 unspecified atom stereocenters. The van der Waals surface area contributed by atoms with Crippen LogP contribution in [0.2, 0.25) is 0 Å². The van der Waals surface area contributed by atoms with Crippen LogP contribution < -0.4 is 4.90 Å². The monoisotopic (exact) mass is 433 g/mol. The number of morpholine rings is 1. The molecule has 9 heteroatoms. The summed E-state index contributed by atoms with van der Waals surface area (Å²) in [6.45, 7) is 6.90. The first kappa shape index (κ1) is 20.6. The van der Waals surface area contributed by atoms with E-state index in [4.69, 9.17) is 4.74 Å². The number of benzene rings is 2. The van der Waals surface area contributed by atoms with Crippen LogP contribution in [0.15, 0.2) is 54.6 Å². The maximum Gasteiger partial charge on any atom is 0.253 e. The van der Waals surface area contributed by atoms with E-state index in [1.54, 1.807) is 4.68 Å². The third-order valence-corrected chi connectivity index (χ3v) is 5.99. The minimum absolute atomic E-state index is 0.0797. The first-order valence-electron chi connectivity index (χ1n) is 11.0. The van der Waals surface area contributed by atoms with Gasteiger partial charge in [0.1, 0.15) is 0 Å². The minimum Gasteiger partial charge on any atom is -0.379 e. The molecule has 3 aromatic rings. The van der Waals surface area contributed by atoms with Gasteiger partial charge in [-0.1, -0.05) is 35.4 Å². The number of rotatable bonds is 5. The van der Waals surface area contributed by atoms with Gasteiger partial charge in [-0.2, -0.15) is 4.68 Å². The summed E-state index contributed by atoms with van der Waals surface area (Å²) in [6, 6.07) is 17.9. The predicted octanol–water partition coefficient (Wildman–Crippen LogP) is 1.46. The minimum atomic E-state index is 0.0797. The molecule has 1 amide bonds. The van der Waals surface area contributed by atoms with E-state index in [0.29, 0.717) is 32.1 Å². The highest BCUT2D eigenvalue weighted by atomic mass is 16.5. The highest BCUT2D eigenvalue weighted by Crippen LogP contribution is 2.18. The van der Waals surface area contributed by atoms with Crippen molar-refractivity contribution in [3.05, 3.63) is 65.7 Å². The first-order valence-corrected chi connectivity index (χ1v) is 11.0. The number of ether oxygens (including phenoxy) is 1. The van der Waals surface area contributed by atoms with Crippen molar-refractivity contribution < 1.29 is 9.53 Å². The number of carbonyl (C=O) groups is 1. The molecule has 0 spiro atoms. The second-order valence-corrected chi connectivity index (χ2v) is 8.09. The quantitative estimate of drug-likeness (QED) is 0.603. The Hall–Kier alpha value is -3.30. The summed E-state index contributed by atoms with van der Waals surface area (Å²) in [6.07, 6.45) is 0. The summed E-state index contributed by atoms with van der Waals surface area (Å²) in [5.41, 5.74) is 2.83. The lowest BCUT2D eigenvalue weighted by Crippen LogP contribution is -2.49. The van der Waals surface area contributed by atoms with Crippen LogP contribution in [0.4, 0.5) is 5.95 Å². The zero-order valence-corrected chi connectivity index (χ0v) is 18.0. The maximum atomic E-state index is 13.2. The Kier molecular flexibility index (Phi) is 6.09. The summed E-state index contributed by atoms with van der Waals surface area (Å²) in [5.74, 6) is 0.784. The Morgan fingerprint density at radius 2 is 1.69 bits per heavy atom. The lowest BCUT2D eigenvalue weighted by molar-refractivity contribution is 0.0341. The van der Waals surface area contributed by atoms with E-state index in [9.17, 15) is 4.79 Å². The van der Waals surface area contributed by atoms with Crippen molar-refractivity contribution >= 4 is 11.9 Å². The molecule has 3 heterocycles. The molecule has 0 N–H and O–H groups in total. The Labute approximate surface area is 187 Å². The van der Waals surface area contributed by atoms with E-state index in [1.807, 2.05) is 53.4 Å². The van der Waals surface area contributed by atoms with Gasteiger partial charge in [-0.3, -0.25) is 9.69 Å². The fourth-order valence-corrected chi connectivity index (χ4v) is 4.23. The molecule has 0 atom stereocenters. The molecule has 9 nitrogen and oxygen atoms in total. The lowest BCUT2D eigenvalue weighted by Gasteiger charge is -2.35. The second-order valence-electron chi connectivity index (χ2n) is 8.09. The van der Waals surface area contributed by atoms with Gasteiger partial charge < -0.3 is 14.5 Å². The summed E-state index contributed by atoms with van der Waals surface area (Å²) < 4.78 is 7.17. The number of hydrogen-bond donors (Lipinski definition) is 0. The van der Waals surface area contributed by atoms with Gasteiger partial charge in [-0.15, -0.1) is 0 Å². The van der Waals surface area contributed by atoms with E-state index >= 15 is 0 Å². The van der Waals surface area contributed by atoms with Gasteiger partial charge in [0.2, 0.25) is 5.95 Å². The second kappa shape index (κ2) is 9.46. The summed E-state index contributed by atoms with van der Waals surface area (Å²) in [7, 11) is 0. The molecule has 5 rings (SSSR count). The molecule has 2 aliphatic heterocycles. The third kappa shape index (κ3) is 4.49. The summed E-state index contributed by atoms with van der Waals surface area (Å²) >= 11 is 0. The van der Waals surface area contributed by atoms with Crippen molar-refractivity contribution in [1.82, 2.24) is 30.0 Å². The molecule has 2 fully saturated rings. The molecule has 166 valence electrons. The van der Waals surface area contributed by atoms with E-state index in [0.717, 1.165) is 44.1 Å². The SMILES string of the molecule is O=C(c1cccc(CN2CCOCC2)c1)N1CCN(c2nnnn2-c2ccccc2)CC1. The van der Waals surface area contributed by atoms with Gasteiger partial charge in [-0.05, 0) is 40.3 Å². The van der Waals surface area contributed by atoms with Crippen molar-refractivity contribution in [3.8, 4) is 5.69 Å². The Bertz CT molecular complexity index is 1040. The number of amides is 1. The molecule has 2 aliphatic rings. The van der Waals surface area contributed by atoms with Crippen molar-refractivity contribution in [2.24, 2.45) is 0 Å². The van der Waals surface area contributed by atoms with Gasteiger partial charge in [0.05, 0.1) is 18.9 Å². The Morgan fingerprint density at radius 1 is 0.906 bits per heavy atom. The molecular formula is C23H27N7O2. The molecule has 0 saturated carbocycles. The summed E-state index contributed by atoms with van der Waals surface area (Å²) in [5, 5.41) is 12.2. The zero-order valence-electron chi connectivity index (χ0n) is 18.0. The lowest BCUT2D eigenvalue weighted by atomic mass is 10.1. The number of hydrogen-bond acceptors (Lipinski definition) is 7. The van der Waals surface area contributed by atoms with E-state index in [1.165, 1.54) is 5.56 Å². The van der Waals surface area contributed by atoms with Crippen LogP contribution >= 0.6 is 0 Å². The van der Waals surface area contributed by atoms with Crippen molar-refractivity contribution in [2.75, 3.05) is 57.4 Å². The van der Waals surface area contributed by atoms with Crippen molar-refractivity contribution in [3.63, 3.8) is 0 Å². The van der Waals surface area contributed by atoms with E-state index < -0.39 is 0 Å². The smallest absolute Gasteiger partial charge is 0.253 e. The number of nitrogens with zero attached hydrogens (tertiary/aromatic N) is 7. The molecule has 2 saturated heterocycles. The van der Waals surface area contributed by atoms with Gasteiger partial charge in [0, 0.05) is 51.4 Å². The van der Waals surface area contributed by atoms with Crippen LogP contribution in [0, 0.1) is 0 Å². The van der Waals surface area contributed by atoms with Crippen LogP contribution in [0.3, 0.4) is 0 Å². The fourth-order valence-electron chi connectivity index (χ4n) is 4.23. The molecule has 2 aromatic carbocycles. The standard InChI is InChI=1S/C23H27N7O2/c31-22(20-6-4-5-19(17-20)18-27-13-15-32-16-14-27)28-9-11-29(12-10-28)23-24-25-26-30(23)21-7-2-1-3-8-21/h1-8,17H,9-16,18H2. The zero-order chi connectivity index (χ0) is 21.8. The first-order chi connectivity index (χ1) is 15.8. The molecule has 1 aromatic heterocycles. The normalized spacial score (nSPS) is 17.5. The number of tetrazole rings is 1. The Morgan fingerprint density at radius 3 is 2.47 bits per heavy atom. The number of carbonyl (C=O) groups excluding carboxylic acids is 1. The number of anilines is 1. The molecule has 0 radical (unpaired) electrons. The van der Waals surface area contributed by atoms with Crippen LogP contribution in [0.5, 0.6) is 0 Å². The van der Waals surface area contributed by atoms with Gasteiger partial charge in [0.15, 0.2) is 0 Å². The van der Waals surface area contributed by atoms with Crippen LogP contribution in [-0.4, -0.2) is 88.4 Å². The average Bonchev–Trinajstić information content (AvgIpc) is 3.35. The predicted molar refractivity (Wildman–Crippen MR) is 120 cm³/mol. The van der Waals surface area contributed by atoms with E-state index in [-0.39, 0.29) is 5.91 Å². The highest BCUT2D eigenvalue weighted by molar-refractivity contribution is 5.94. The maximum absolute atomic E-state index is 13.2. The highest BCUT2D eigenvalue weighted by Gasteiger charge is 2.25. The molecule has 0 aliphatic carbocycles. The van der Waals surface area contributed by atoms with Crippen LogP contribution in [0.1, 0.15) is 15.9 Å². The molecule has 0 bridgehead atoms. The van der Waals surface area contributed by atoms with Crippen molar-refractivity contribution in [1.29, 1.82) is 0 Å². The number of aromatic nitrogens is 4. The van der Waals surface area contributed by atoms with Crippen LogP contribution in [-0.2, 0) is 11.3 Å². The average molecular weight is 434 g/mol. The largest absolute Gasteiger partial charge is 0.379 e. The molecule has 32 heavy (non-hydrogen) atoms. The van der Waals surface area contributed by atoms with Gasteiger partial charge in [0.25, 0.3) is 5.91 Å².